The van der Waals surface area contributed by atoms with Gasteiger partial charge in [0.2, 0.25) is 10.0 Å². The molecule has 0 saturated carbocycles. The highest BCUT2D eigenvalue weighted by molar-refractivity contribution is 7.89. The van der Waals surface area contributed by atoms with Crippen molar-refractivity contribution in [2.45, 2.75) is 24.7 Å². The molecule has 0 aromatic heterocycles. The molecule has 0 fully saturated rings. The van der Waals surface area contributed by atoms with Gasteiger partial charge in [0.15, 0.2) is 0 Å². The molecule has 0 aliphatic carbocycles. The minimum atomic E-state index is -3.36. The van der Waals surface area contributed by atoms with Crippen molar-refractivity contribution in [3.05, 3.63) is 30.3 Å². The zero-order valence-corrected chi connectivity index (χ0v) is 11.0. The third-order valence-corrected chi connectivity index (χ3v) is 4.38. The summed E-state index contributed by atoms with van der Waals surface area (Å²) in [6.45, 7) is 3.50. The number of nitrogens with two attached hydrogens (primary N) is 1. The lowest BCUT2D eigenvalue weighted by Gasteiger charge is -2.21. The Hall–Kier alpha value is -0.910. The smallest absolute Gasteiger partial charge is 0.243 e. The van der Waals surface area contributed by atoms with Crippen molar-refractivity contribution in [2.24, 2.45) is 5.73 Å². The molecule has 0 aliphatic rings. The van der Waals surface area contributed by atoms with Crippen LogP contribution in [-0.4, -0.2) is 32.4 Å². The van der Waals surface area contributed by atoms with Crippen LogP contribution in [0, 0.1) is 0 Å². The van der Waals surface area contributed by atoms with Gasteiger partial charge in [0.25, 0.3) is 0 Å². The average molecular weight is 256 g/mol. The van der Waals surface area contributed by atoms with E-state index in [0.29, 0.717) is 31.0 Å². The zero-order chi connectivity index (χ0) is 12.7. The van der Waals surface area contributed by atoms with Crippen LogP contribution in [0.15, 0.2) is 35.2 Å². The molecular weight excluding hydrogens is 236 g/mol. The molecule has 0 saturated heterocycles. The third kappa shape index (κ3) is 3.80. The monoisotopic (exact) mass is 256 g/mol. The molecule has 1 aromatic carbocycles. The van der Waals surface area contributed by atoms with Crippen molar-refractivity contribution in [2.75, 3.05) is 19.6 Å². The largest absolute Gasteiger partial charge is 0.330 e. The highest BCUT2D eigenvalue weighted by Crippen LogP contribution is 2.15. The Bertz CT molecular complexity index is 417. The molecule has 5 heteroatoms. The van der Waals surface area contributed by atoms with Crippen LogP contribution in [0.1, 0.15) is 19.8 Å². The Morgan fingerprint density at radius 2 is 1.82 bits per heavy atom. The van der Waals surface area contributed by atoms with Crippen LogP contribution >= 0.6 is 0 Å². The van der Waals surface area contributed by atoms with E-state index in [4.69, 9.17) is 5.73 Å². The van der Waals surface area contributed by atoms with Crippen LogP contribution in [0.25, 0.3) is 0 Å². The van der Waals surface area contributed by atoms with E-state index in [2.05, 4.69) is 0 Å². The number of hydrogen-bond donors (Lipinski definition) is 1. The first-order chi connectivity index (χ1) is 8.12. The van der Waals surface area contributed by atoms with Crippen molar-refractivity contribution < 1.29 is 8.42 Å². The van der Waals surface area contributed by atoms with E-state index in [1.54, 1.807) is 24.3 Å². The van der Waals surface area contributed by atoms with E-state index in [-0.39, 0.29) is 0 Å². The topological polar surface area (TPSA) is 63.4 Å². The van der Waals surface area contributed by atoms with Gasteiger partial charge in [-0.15, -0.1) is 0 Å². The Morgan fingerprint density at radius 3 is 2.35 bits per heavy atom. The van der Waals surface area contributed by atoms with Crippen molar-refractivity contribution in [3.8, 4) is 0 Å². The molecule has 0 heterocycles. The fraction of sp³-hybridized carbons (Fsp3) is 0.500. The quantitative estimate of drug-likeness (QED) is 0.803. The van der Waals surface area contributed by atoms with Gasteiger partial charge in [0.1, 0.15) is 0 Å². The van der Waals surface area contributed by atoms with Crippen LogP contribution in [0.4, 0.5) is 0 Å². The summed E-state index contributed by atoms with van der Waals surface area (Å²) in [5.74, 6) is 0. The van der Waals surface area contributed by atoms with Crippen molar-refractivity contribution in [1.29, 1.82) is 0 Å². The van der Waals surface area contributed by atoms with Gasteiger partial charge in [-0.3, -0.25) is 0 Å². The summed E-state index contributed by atoms with van der Waals surface area (Å²) >= 11 is 0. The summed E-state index contributed by atoms with van der Waals surface area (Å²) in [7, 11) is -3.36. The molecule has 96 valence electrons. The molecule has 0 bridgehead atoms. The van der Waals surface area contributed by atoms with E-state index in [9.17, 15) is 8.42 Å². The lowest BCUT2D eigenvalue weighted by Crippen LogP contribution is -2.33. The lowest BCUT2D eigenvalue weighted by molar-refractivity contribution is 0.406. The summed E-state index contributed by atoms with van der Waals surface area (Å²) in [4.78, 5) is 0.352. The first kappa shape index (κ1) is 14.2. The average Bonchev–Trinajstić information content (AvgIpc) is 2.35. The summed E-state index contributed by atoms with van der Waals surface area (Å²) in [6, 6.07) is 8.53. The van der Waals surface area contributed by atoms with E-state index in [1.165, 1.54) is 4.31 Å². The Morgan fingerprint density at radius 1 is 1.18 bits per heavy atom. The molecule has 0 atom stereocenters. The van der Waals surface area contributed by atoms with Gasteiger partial charge >= 0.3 is 0 Å². The molecule has 0 unspecified atom stereocenters. The molecule has 0 amide bonds. The molecular formula is C12H20N2O2S. The fourth-order valence-corrected chi connectivity index (χ4v) is 3.20. The molecule has 1 aromatic rings. The maximum atomic E-state index is 12.3. The van der Waals surface area contributed by atoms with Crippen LogP contribution in [-0.2, 0) is 10.0 Å². The van der Waals surface area contributed by atoms with Gasteiger partial charge in [0, 0.05) is 13.1 Å². The molecule has 0 radical (unpaired) electrons. The van der Waals surface area contributed by atoms with E-state index in [1.807, 2.05) is 13.0 Å². The van der Waals surface area contributed by atoms with Gasteiger partial charge in [0.05, 0.1) is 4.90 Å². The third-order valence-electron chi connectivity index (χ3n) is 2.47. The number of rotatable bonds is 7. The second kappa shape index (κ2) is 6.74. The summed E-state index contributed by atoms with van der Waals surface area (Å²) in [5, 5.41) is 0. The molecule has 1 rings (SSSR count). The highest BCUT2D eigenvalue weighted by Gasteiger charge is 2.22. The predicted octanol–water partition coefficient (Wildman–Crippen LogP) is 1.44. The molecule has 0 spiro atoms. The maximum Gasteiger partial charge on any atom is 0.243 e. The maximum absolute atomic E-state index is 12.3. The Kier molecular flexibility index (Phi) is 5.61. The standard InChI is InChI=1S/C12H20N2O2S/c1-2-10-14(11-6-9-13)17(15,16)12-7-4-3-5-8-12/h3-5,7-8H,2,6,9-11,13H2,1H3. The SMILES string of the molecule is CCCN(CCCN)S(=O)(=O)c1ccccc1. The van der Waals surface area contributed by atoms with Gasteiger partial charge in [-0.25, -0.2) is 8.42 Å². The van der Waals surface area contributed by atoms with Gasteiger partial charge in [-0.1, -0.05) is 25.1 Å². The van der Waals surface area contributed by atoms with Crippen molar-refractivity contribution in [1.82, 2.24) is 4.31 Å². The second-order valence-corrected chi connectivity index (χ2v) is 5.80. The number of benzene rings is 1. The fourth-order valence-electron chi connectivity index (χ4n) is 1.61. The molecule has 0 aliphatic heterocycles. The molecule has 4 nitrogen and oxygen atoms in total. The number of hydrogen-bond acceptors (Lipinski definition) is 3. The van der Waals surface area contributed by atoms with Crippen molar-refractivity contribution >= 4 is 10.0 Å². The summed E-state index contributed by atoms with van der Waals surface area (Å²) < 4.78 is 26.1. The molecule has 2 N–H and O–H groups in total. The summed E-state index contributed by atoms with van der Waals surface area (Å²) in [5.41, 5.74) is 5.43. The first-order valence-electron chi connectivity index (χ1n) is 5.88. The minimum Gasteiger partial charge on any atom is -0.330 e. The zero-order valence-electron chi connectivity index (χ0n) is 10.2. The van der Waals surface area contributed by atoms with Gasteiger partial charge in [-0.05, 0) is 31.5 Å². The normalized spacial score (nSPS) is 11.9. The first-order valence-corrected chi connectivity index (χ1v) is 7.32. The van der Waals surface area contributed by atoms with Crippen LogP contribution in [0.5, 0.6) is 0 Å². The van der Waals surface area contributed by atoms with E-state index in [0.717, 1.165) is 6.42 Å². The number of nitrogens with zero attached hydrogens (tertiary/aromatic N) is 1. The Balaban J connectivity index is 2.92. The minimum absolute atomic E-state index is 0.352. The number of sulfonamides is 1. The van der Waals surface area contributed by atoms with E-state index < -0.39 is 10.0 Å². The second-order valence-electron chi connectivity index (χ2n) is 3.86. The van der Waals surface area contributed by atoms with Gasteiger partial charge in [-0.2, -0.15) is 4.31 Å². The van der Waals surface area contributed by atoms with Crippen LogP contribution in [0.2, 0.25) is 0 Å². The van der Waals surface area contributed by atoms with Gasteiger partial charge < -0.3 is 5.73 Å². The van der Waals surface area contributed by atoms with Crippen LogP contribution < -0.4 is 5.73 Å². The van der Waals surface area contributed by atoms with Crippen LogP contribution in [0.3, 0.4) is 0 Å². The lowest BCUT2D eigenvalue weighted by atomic mass is 10.4. The molecule has 17 heavy (non-hydrogen) atoms. The Labute approximate surface area is 103 Å². The van der Waals surface area contributed by atoms with Crippen molar-refractivity contribution in [3.63, 3.8) is 0 Å². The summed E-state index contributed by atoms with van der Waals surface area (Å²) in [6.07, 6.45) is 1.49. The highest BCUT2D eigenvalue weighted by atomic mass is 32.2. The predicted molar refractivity (Wildman–Crippen MR) is 69.2 cm³/mol. The van der Waals surface area contributed by atoms with E-state index >= 15 is 0 Å².